The van der Waals surface area contributed by atoms with Crippen molar-refractivity contribution in [1.29, 1.82) is 0 Å². The maximum absolute atomic E-state index is 4.03. The van der Waals surface area contributed by atoms with E-state index in [9.17, 15) is 0 Å². The topological polar surface area (TPSA) is 12.4 Å². The minimum absolute atomic E-state index is 0.584. The highest BCUT2D eigenvalue weighted by molar-refractivity contribution is 5.24. The predicted octanol–water partition coefficient (Wildman–Crippen LogP) is 2.27. The van der Waals surface area contributed by atoms with Crippen molar-refractivity contribution in [2.45, 2.75) is 38.6 Å². The Kier molecular flexibility index (Phi) is 2.26. The molecule has 0 aromatic carbocycles. The van der Waals surface area contributed by atoms with Crippen LogP contribution in [0.2, 0.25) is 0 Å². The van der Waals surface area contributed by atoms with Crippen molar-refractivity contribution in [3.8, 4) is 0 Å². The number of hydrogen-bond donors (Lipinski definition) is 0. The van der Waals surface area contributed by atoms with Crippen molar-refractivity contribution in [1.82, 2.24) is 0 Å². The van der Waals surface area contributed by atoms with Crippen LogP contribution in [0.15, 0.2) is 4.99 Å². The fourth-order valence-electron chi connectivity index (χ4n) is 1.43. The average molecular weight is 125 g/mol. The van der Waals surface area contributed by atoms with Crippen LogP contribution in [-0.2, 0) is 0 Å². The van der Waals surface area contributed by atoms with Gasteiger partial charge in [-0.2, -0.15) is 0 Å². The third kappa shape index (κ3) is 1.81. The van der Waals surface area contributed by atoms with E-state index < -0.39 is 0 Å². The van der Waals surface area contributed by atoms with Gasteiger partial charge in [-0.15, -0.1) is 0 Å². The smallest absolute Gasteiger partial charge is 0.0492 e. The number of rotatable bonds is 1. The second-order valence-electron chi connectivity index (χ2n) is 3.10. The maximum atomic E-state index is 4.03. The first-order chi connectivity index (χ1) is 4.33. The molecule has 0 atom stereocenters. The lowest BCUT2D eigenvalue weighted by Crippen LogP contribution is -2.14. The van der Waals surface area contributed by atoms with Gasteiger partial charge in [-0.3, -0.25) is 4.99 Å². The number of aliphatic imine (C=N–C) groups is 1. The van der Waals surface area contributed by atoms with Crippen LogP contribution in [0.5, 0.6) is 0 Å². The van der Waals surface area contributed by atoms with E-state index in [-0.39, 0.29) is 0 Å². The largest absolute Gasteiger partial charge is 0.298 e. The van der Waals surface area contributed by atoms with Crippen LogP contribution >= 0.6 is 0 Å². The van der Waals surface area contributed by atoms with Gasteiger partial charge in [0.15, 0.2) is 0 Å². The van der Waals surface area contributed by atoms with Crippen molar-refractivity contribution < 1.29 is 0 Å². The summed E-state index contributed by atoms with van der Waals surface area (Å²) in [4.78, 5) is 4.03. The average Bonchev–Trinajstić information content (AvgIpc) is 1.90. The molecule has 0 amide bonds. The highest BCUT2D eigenvalue weighted by atomic mass is 14.7. The molecule has 0 unspecified atom stereocenters. The lowest BCUT2D eigenvalue weighted by atomic mass is 9.88. The minimum atomic E-state index is 0.584. The molecule has 0 heterocycles. The molecule has 1 fully saturated rings. The van der Waals surface area contributed by atoms with E-state index >= 15 is 0 Å². The molecule has 0 saturated heterocycles. The zero-order chi connectivity index (χ0) is 6.69. The Hall–Kier alpha value is -0.330. The van der Waals surface area contributed by atoms with Crippen LogP contribution in [-0.4, -0.2) is 12.8 Å². The van der Waals surface area contributed by atoms with Gasteiger partial charge in [0, 0.05) is 6.04 Å². The fourth-order valence-corrected chi connectivity index (χ4v) is 1.43. The summed E-state index contributed by atoms with van der Waals surface area (Å²) in [5.74, 6) is 0.933. The second kappa shape index (κ2) is 3.00. The molecule has 1 saturated carbocycles. The highest BCUT2D eigenvalue weighted by Gasteiger charge is 2.15. The second-order valence-corrected chi connectivity index (χ2v) is 3.10. The molecule has 0 aromatic rings. The van der Waals surface area contributed by atoms with Crippen LogP contribution in [0, 0.1) is 5.92 Å². The van der Waals surface area contributed by atoms with Crippen molar-refractivity contribution in [2.24, 2.45) is 10.9 Å². The van der Waals surface area contributed by atoms with Gasteiger partial charge in [-0.05, 0) is 38.3 Å². The van der Waals surface area contributed by atoms with Crippen LogP contribution in [0.3, 0.4) is 0 Å². The standard InChI is InChI=1S/C8H15N/c1-7-3-5-8(9-2)6-4-7/h7-8H,2-6H2,1H3. The first-order valence-corrected chi connectivity index (χ1v) is 3.78. The summed E-state index contributed by atoms with van der Waals surface area (Å²) < 4.78 is 0. The Bertz CT molecular complexity index is 90.7. The Balaban J connectivity index is 2.26. The molecule has 0 aliphatic heterocycles. The van der Waals surface area contributed by atoms with E-state index in [4.69, 9.17) is 0 Å². The molecule has 1 aliphatic carbocycles. The summed E-state index contributed by atoms with van der Waals surface area (Å²) in [5, 5.41) is 0. The van der Waals surface area contributed by atoms with E-state index in [1.807, 2.05) is 0 Å². The third-order valence-electron chi connectivity index (χ3n) is 2.24. The Labute approximate surface area is 57.2 Å². The first-order valence-electron chi connectivity index (χ1n) is 3.78. The normalized spacial score (nSPS) is 36.1. The fraction of sp³-hybridized carbons (Fsp3) is 0.875. The van der Waals surface area contributed by atoms with Crippen molar-refractivity contribution in [3.05, 3.63) is 0 Å². The summed E-state index contributed by atoms with van der Waals surface area (Å²) in [6.45, 7) is 5.88. The van der Waals surface area contributed by atoms with Gasteiger partial charge in [-0.25, -0.2) is 0 Å². The van der Waals surface area contributed by atoms with Gasteiger partial charge in [0.05, 0.1) is 0 Å². The molecule has 0 bridgehead atoms. The molecule has 1 heteroatoms. The van der Waals surface area contributed by atoms with E-state index in [0.29, 0.717) is 6.04 Å². The van der Waals surface area contributed by atoms with E-state index in [1.54, 1.807) is 0 Å². The molecule has 0 N–H and O–H groups in total. The molecular formula is C8H15N. The summed E-state index contributed by atoms with van der Waals surface area (Å²) in [7, 11) is 0. The molecule has 0 aromatic heterocycles. The minimum Gasteiger partial charge on any atom is -0.298 e. The van der Waals surface area contributed by atoms with Gasteiger partial charge < -0.3 is 0 Å². The Morgan fingerprint density at radius 3 is 2.22 bits per heavy atom. The predicted molar refractivity (Wildman–Crippen MR) is 41.0 cm³/mol. The molecule has 0 spiro atoms. The van der Waals surface area contributed by atoms with Crippen LogP contribution in [0.1, 0.15) is 32.6 Å². The number of nitrogens with zero attached hydrogens (tertiary/aromatic N) is 1. The SMILES string of the molecule is C=NC1CCC(C)CC1. The van der Waals surface area contributed by atoms with Gasteiger partial charge in [-0.1, -0.05) is 6.92 Å². The van der Waals surface area contributed by atoms with Gasteiger partial charge in [0.1, 0.15) is 0 Å². The highest BCUT2D eigenvalue weighted by Crippen LogP contribution is 2.24. The van der Waals surface area contributed by atoms with Gasteiger partial charge in [0.25, 0.3) is 0 Å². The van der Waals surface area contributed by atoms with Gasteiger partial charge >= 0.3 is 0 Å². The zero-order valence-corrected chi connectivity index (χ0v) is 6.14. The molecule has 1 aliphatic rings. The molecule has 9 heavy (non-hydrogen) atoms. The summed E-state index contributed by atoms with van der Waals surface area (Å²) >= 11 is 0. The maximum Gasteiger partial charge on any atom is 0.0492 e. The van der Waals surface area contributed by atoms with Gasteiger partial charge in [0.2, 0.25) is 0 Å². The van der Waals surface area contributed by atoms with Crippen LogP contribution in [0.25, 0.3) is 0 Å². The van der Waals surface area contributed by atoms with Crippen LogP contribution in [0.4, 0.5) is 0 Å². The third-order valence-corrected chi connectivity index (χ3v) is 2.24. The summed E-state index contributed by atoms with van der Waals surface area (Å²) in [5.41, 5.74) is 0. The zero-order valence-electron chi connectivity index (χ0n) is 6.14. The summed E-state index contributed by atoms with van der Waals surface area (Å²) in [6, 6.07) is 0.584. The summed E-state index contributed by atoms with van der Waals surface area (Å²) in [6.07, 6.45) is 5.24. The lowest BCUT2D eigenvalue weighted by Gasteiger charge is -2.22. The van der Waals surface area contributed by atoms with Crippen molar-refractivity contribution in [3.63, 3.8) is 0 Å². The first kappa shape index (κ1) is 6.79. The van der Waals surface area contributed by atoms with Crippen LogP contribution < -0.4 is 0 Å². The lowest BCUT2D eigenvalue weighted by molar-refractivity contribution is 0.350. The van der Waals surface area contributed by atoms with Crippen molar-refractivity contribution >= 4 is 6.72 Å². The Morgan fingerprint density at radius 1 is 1.22 bits per heavy atom. The number of hydrogen-bond acceptors (Lipinski definition) is 1. The quantitative estimate of drug-likeness (QED) is 0.477. The molecule has 1 rings (SSSR count). The molecular weight excluding hydrogens is 110 g/mol. The van der Waals surface area contributed by atoms with E-state index in [2.05, 4.69) is 18.6 Å². The molecule has 52 valence electrons. The van der Waals surface area contributed by atoms with E-state index in [1.165, 1.54) is 25.7 Å². The molecule has 0 radical (unpaired) electrons. The Morgan fingerprint density at radius 2 is 1.78 bits per heavy atom. The van der Waals surface area contributed by atoms with E-state index in [0.717, 1.165) is 5.92 Å². The van der Waals surface area contributed by atoms with Crippen molar-refractivity contribution in [2.75, 3.05) is 0 Å². The molecule has 1 nitrogen and oxygen atoms in total. The monoisotopic (exact) mass is 125 g/mol.